The largest absolute Gasteiger partial charge is 0.503 e. The van der Waals surface area contributed by atoms with E-state index < -0.39 is 17.7 Å². The van der Waals surface area contributed by atoms with Crippen LogP contribution in [0.4, 0.5) is 0 Å². The van der Waals surface area contributed by atoms with E-state index in [1.54, 1.807) is 55.3 Å². The summed E-state index contributed by atoms with van der Waals surface area (Å²) in [6.45, 7) is 0.980. The third kappa shape index (κ3) is 3.99. The second kappa shape index (κ2) is 9.27. The standard InChI is InChI=1S/C23H23N3O5S/c1-30-15-6-7-16(17(13-15)31-2)20-19(21(27)18-5-3-12-32-18)22(28)23(29)26(20)10-4-9-25-11-8-24-14-25/h3,5-8,11-14,20,28H,4,9-10H2,1-2H3/t20-/m0/s1. The third-order valence-electron chi connectivity index (χ3n) is 5.40. The molecule has 1 aliphatic heterocycles. The molecule has 0 bridgehead atoms. The van der Waals surface area contributed by atoms with Crippen molar-refractivity contribution in [3.05, 3.63) is 76.2 Å². The number of aliphatic hydroxyl groups is 1. The van der Waals surface area contributed by atoms with Crippen molar-refractivity contribution in [1.29, 1.82) is 0 Å². The van der Waals surface area contributed by atoms with Gasteiger partial charge in [0, 0.05) is 37.1 Å². The number of imidazole rings is 1. The normalized spacial score (nSPS) is 16.0. The summed E-state index contributed by atoms with van der Waals surface area (Å²) in [4.78, 5) is 32.4. The Bertz CT molecular complexity index is 1140. The lowest BCUT2D eigenvalue weighted by molar-refractivity contribution is -0.129. The number of thiophene rings is 1. The summed E-state index contributed by atoms with van der Waals surface area (Å²) >= 11 is 1.27. The average Bonchev–Trinajstić information content (AvgIpc) is 3.57. The van der Waals surface area contributed by atoms with E-state index in [1.165, 1.54) is 23.3 Å². The summed E-state index contributed by atoms with van der Waals surface area (Å²) in [6, 6.07) is 7.88. The predicted molar refractivity (Wildman–Crippen MR) is 119 cm³/mol. The van der Waals surface area contributed by atoms with E-state index in [9.17, 15) is 14.7 Å². The molecule has 166 valence electrons. The van der Waals surface area contributed by atoms with Gasteiger partial charge in [0.1, 0.15) is 11.5 Å². The number of rotatable bonds is 9. The topological polar surface area (TPSA) is 93.9 Å². The molecule has 9 heteroatoms. The molecule has 1 N–H and O–H groups in total. The van der Waals surface area contributed by atoms with Crippen molar-refractivity contribution in [2.75, 3.05) is 20.8 Å². The lowest BCUT2D eigenvalue weighted by Gasteiger charge is -2.28. The number of carbonyl (C=O) groups excluding carboxylic acids is 2. The smallest absolute Gasteiger partial charge is 0.290 e. The summed E-state index contributed by atoms with van der Waals surface area (Å²) in [5.41, 5.74) is 0.664. The van der Waals surface area contributed by atoms with Crippen LogP contribution in [0.15, 0.2) is 65.8 Å². The van der Waals surface area contributed by atoms with Gasteiger partial charge in [-0.05, 0) is 30.0 Å². The van der Waals surface area contributed by atoms with Crippen molar-refractivity contribution >= 4 is 23.0 Å². The number of ether oxygens (including phenoxy) is 2. The zero-order valence-corrected chi connectivity index (χ0v) is 18.5. The first-order chi connectivity index (χ1) is 15.5. The monoisotopic (exact) mass is 453 g/mol. The van der Waals surface area contributed by atoms with Gasteiger partial charge in [0.2, 0.25) is 5.78 Å². The van der Waals surface area contributed by atoms with E-state index in [0.717, 1.165) is 0 Å². The number of nitrogens with zero attached hydrogens (tertiary/aromatic N) is 3. The number of amides is 1. The molecule has 2 aromatic heterocycles. The maximum atomic E-state index is 13.3. The minimum Gasteiger partial charge on any atom is -0.503 e. The van der Waals surface area contributed by atoms with Crippen molar-refractivity contribution < 1.29 is 24.2 Å². The molecule has 1 amide bonds. The Balaban J connectivity index is 1.73. The number of carbonyl (C=O) groups is 2. The molecule has 0 unspecified atom stereocenters. The van der Waals surface area contributed by atoms with Crippen LogP contribution in [-0.2, 0) is 11.3 Å². The van der Waals surface area contributed by atoms with Gasteiger partial charge in [-0.3, -0.25) is 9.59 Å². The highest BCUT2D eigenvalue weighted by molar-refractivity contribution is 7.12. The highest BCUT2D eigenvalue weighted by Gasteiger charge is 2.44. The highest BCUT2D eigenvalue weighted by atomic mass is 32.1. The SMILES string of the molecule is COc1ccc([C@H]2C(C(=O)c3cccs3)=C(O)C(=O)N2CCCn2ccnc2)c(OC)c1. The molecule has 4 rings (SSSR count). The molecular formula is C23H23N3O5S. The number of aryl methyl sites for hydroxylation is 1. The van der Waals surface area contributed by atoms with E-state index in [0.29, 0.717) is 41.4 Å². The summed E-state index contributed by atoms with van der Waals surface area (Å²) in [5, 5.41) is 12.6. The fourth-order valence-electron chi connectivity index (χ4n) is 3.87. The minimum absolute atomic E-state index is 0.0588. The quantitative estimate of drug-likeness (QED) is 0.497. The van der Waals surface area contributed by atoms with Crippen LogP contribution in [0.5, 0.6) is 11.5 Å². The molecule has 8 nitrogen and oxygen atoms in total. The van der Waals surface area contributed by atoms with Crippen LogP contribution >= 0.6 is 11.3 Å². The van der Waals surface area contributed by atoms with Crippen LogP contribution in [0.25, 0.3) is 0 Å². The Morgan fingerprint density at radius 3 is 2.72 bits per heavy atom. The molecular weight excluding hydrogens is 430 g/mol. The fraction of sp³-hybridized carbons (Fsp3) is 0.261. The first kappa shape index (κ1) is 21.6. The minimum atomic E-state index is -0.777. The van der Waals surface area contributed by atoms with Crippen LogP contribution < -0.4 is 9.47 Å². The molecule has 1 aromatic carbocycles. The van der Waals surface area contributed by atoms with Crippen molar-refractivity contribution in [1.82, 2.24) is 14.5 Å². The van der Waals surface area contributed by atoms with Gasteiger partial charge < -0.3 is 24.0 Å². The van der Waals surface area contributed by atoms with Crippen molar-refractivity contribution in [3.8, 4) is 11.5 Å². The number of ketones is 1. The van der Waals surface area contributed by atoms with E-state index in [1.807, 2.05) is 10.8 Å². The van der Waals surface area contributed by atoms with E-state index in [4.69, 9.17) is 9.47 Å². The fourth-order valence-corrected chi connectivity index (χ4v) is 4.54. The Hall–Kier alpha value is -3.59. The Kier molecular flexibility index (Phi) is 6.27. The molecule has 0 saturated heterocycles. The number of hydrogen-bond acceptors (Lipinski definition) is 7. The molecule has 0 spiro atoms. The van der Waals surface area contributed by atoms with Gasteiger partial charge in [-0.25, -0.2) is 4.98 Å². The Morgan fingerprint density at radius 2 is 2.06 bits per heavy atom. The van der Waals surface area contributed by atoms with Crippen molar-refractivity contribution in [2.24, 2.45) is 0 Å². The van der Waals surface area contributed by atoms with Gasteiger partial charge in [-0.2, -0.15) is 0 Å². The van der Waals surface area contributed by atoms with E-state index >= 15 is 0 Å². The first-order valence-corrected chi connectivity index (χ1v) is 10.9. The van der Waals surface area contributed by atoms with Crippen molar-refractivity contribution in [3.63, 3.8) is 0 Å². The maximum absolute atomic E-state index is 13.3. The number of benzene rings is 1. The molecule has 1 aliphatic rings. The Morgan fingerprint density at radius 1 is 1.22 bits per heavy atom. The zero-order chi connectivity index (χ0) is 22.7. The molecule has 3 heterocycles. The molecule has 0 fully saturated rings. The third-order valence-corrected chi connectivity index (χ3v) is 6.27. The molecule has 0 radical (unpaired) electrons. The number of aromatic nitrogens is 2. The summed E-state index contributed by atoms with van der Waals surface area (Å²) in [7, 11) is 3.07. The molecule has 1 atom stereocenters. The van der Waals surface area contributed by atoms with Gasteiger partial charge in [-0.1, -0.05) is 6.07 Å². The van der Waals surface area contributed by atoms with E-state index in [-0.39, 0.29) is 11.4 Å². The van der Waals surface area contributed by atoms with Gasteiger partial charge in [0.25, 0.3) is 5.91 Å². The Labute approximate surface area is 189 Å². The number of hydrogen-bond donors (Lipinski definition) is 1. The average molecular weight is 454 g/mol. The summed E-state index contributed by atoms with van der Waals surface area (Å²) in [5.74, 6) is -0.410. The number of Topliss-reactive ketones (excluding diaryl/α,β-unsaturated/α-hetero) is 1. The number of aliphatic hydroxyl groups excluding tert-OH is 1. The lowest BCUT2D eigenvalue weighted by atomic mass is 9.94. The van der Waals surface area contributed by atoms with Gasteiger partial charge in [0.05, 0.1) is 37.0 Å². The molecule has 0 saturated carbocycles. The zero-order valence-electron chi connectivity index (χ0n) is 17.7. The summed E-state index contributed by atoms with van der Waals surface area (Å²) < 4.78 is 12.8. The highest BCUT2D eigenvalue weighted by Crippen LogP contribution is 2.43. The molecule has 0 aliphatic carbocycles. The van der Waals surface area contributed by atoms with Crippen LogP contribution in [0.2, 0.25) is 0 Å². The second-order valence-corrected chi connectivity index (χ2v) is 8.18. The predicted octanol–water partition coefficient (Wildman–Crippen LogP) is 3.63. The van der Waals surface area contributed by atoms with E-state index in [2.05, 4.69) is 4.98 Å². The maximum Gasteiger partial charge on any atom is 0.290 e. The van der Waals surface area contributed by atoms with Crippen LogP contribution in [0.1, 0.15) is 27.7 Å². The second-order valence-electron chi connectivity index (χ2n) is 7.23. The van der Waals surface area contributed by atoms with Gasteiger partial charge in [-0.15, -0.1) is 11.3 Å². The van der Waals surface area contributed by atoms with Crippen molar-refractivity contribution in [2.45, 2.75) is 19.0 Å². The lowest BCUT2D eigenvalue weighted by Crippen LogP contribution is -2.32. The van der Waals surface area contributed by atoms with Gasteiger partial charge in [0.15, 0.2) is 5.76 Å². The van der Waals surface area contributed by atoms with Gasteiger partial charge >= 0.3 is 0 Å². The van der Waals surface area contributed by atoms with Crippen LogP contribution in [0.3, 0.4) is 0 Å². The first-order valence-electron chi connectivity index (χ1n) is 10.0. The van der Waals surface area contributed by atoms with Crippen LogP contribution in [-0.4, -0.2) is 52.0 Å². The summed E-state index contributed by atoms with van der Waals surface area (Å²) in [6.07, 6.45) is 5.86. The van der Waals surface area contributed by atoms with Crippen LogP contribution in [0, 0.1) is 0 Å². The number of methoxy groups -OCH3 is 2. The molecule has 3 aromatic rings. The molecule has 32 heavy (non-hydrogen) atoms.